The van der Waals surface area contributed by atoms with Crippen molar-refractivity contribution in [1.82, 2.24) is 4.90 Å². The normalized spacial score (nSPS) is 22.2. The molecule has 0 spiro atoms. The fourth-order valence-corrected chi connectivity index (χ4v) is 2.06. The number of piperidine rings is 1. The molecule has 1 fully saturated rings. The topological polar surface area (TPSA) is 23.5 Å². The molecule has 3 heteroatoms. The first-order valence-corrected chi connectivity index (χ1v) is 5.94. The minimum absolute atomic E-state index is 0.148. The zero-order valence-corrected chi connectivity index (χ0v) is 9.84. The highest BCUT2D eigenvalue weighted by atomic mass is 32.1. The lowest BCUT2D eigenvalue weighted by atomic mass is 9.92. The molecule has 0 amide bonds. The van der Waals surface area contributed by atoms with Crippen molar-refractivity contribution >= 4 is 12.6 Å². The van der Waals surface area contributed by atoms with Crippen LogP contribution in [-0.2, 0) is 0 Å². The first kappa shape index (κ1) is 12.1. The van der Waals surface area contributed by atoms with E-state index in [1.54, 1.807) is 0 Å². The molecule has 1 saturated heterocycles. The number of hydrogen-bond donors (Lipinski definition) is 2. The lowest BCUT2D eigenvalue weighted by molar-refractivity contribution is 0.0749. The van der Waals surface area contributed by atoms with Crippen molar-refractivity contribution in [2.75, 3.05) is 25.4 Å². The van der Waals surface area contributed by atoms with Crippen LogP contribution in [0.1, 0.15) is 19.8 Å². The fourth-order valence-electron chi connectivity index (χ4n) is 1.96. The molecule has 2 nitrogen and oxygen atoms in total. The summed E-state index contributed by atoms with van der Waals surface area (Å²) in [6.45, 7) is 8.99. The summed E-state index contributed by atoms with van der Waals surface area (Å²) in [4.78, 5) is 2.40. The van der Waals surface area contributed by atoms with E-state index >= 15 is 0 Å². The largest absolute Gasteiger partial charge is 0.393 e. The quantitative estimate of drug-likeness (QED) is 0.549. The van der Waals surface area contributed by atoms with Crippen LogP contribution in [0.25, 0.3) is 0 Å². The van der Waals surface area contributed by atoms with Crippen LogP contribution in [0.5, 0.6) is 0 Å². The van der Waals surface area contributed by atoms with Gasteiger partial charge >= 0.3 is 0 Å². The van der Waals surface area contributed by atoms with Crippen LogP contribution in [0.2, 0.25) is 0 Å². The third-order valence-corrected chi connectivity index (χ3v) is 3.43. The number of thiol groups is 1. The SMILES string of the molecule is C=C(CS)CN1CCC(C(C)O)CC1. The van der Waals surface area contributed by atoms with E-state index in [1.165, 1.54) is 5.57 Å². The van der Waals surface area contributed by atoms with E-state index in [0.29, 0.717) is 5.92 Å². The van der Waals surface area contributed by atoms with Crippen molar-refractivity contribution in [2.24, 2.45) is 5.92 Å². The summed E-state index contributed by atoms with van der Waals surface area (Å²) >= 11 is 4.20. The van der Waals surface area contributed by atoms with Gasteiger partial charge in [-0.05, 0) is 38.8 Å². The van der Waals surface area contributed by atoms with Gasteiger partial charge in [-0.25, -0.2) is 0 Å². The molecule has 1 aliphatic heterocycles. The van der Waals surface area contributed by atoms with Gasteiger partial charge in [-0.15, -0.1) is 0 Å². The third-order valence-electron chi connectivity index (χ3n) is 2.99. The molecule has 1 aliphatic rings. The highest BCUT2D eigenvalue weighted by Gasteiger charge is 2.22. The van der Waals surface area contributed by atoms with Crippen molar-refractivity contribution in [3.63, 3.8) is 0 Å². The van der Waals surface area contributed by atoms with Crippen molar-refractivity contribution in [3.05, 3.63) is 12.2 Å². The number of nitrogens with zero attached hydrogens (tertiary/aromatic N) is 1. The molecular weight excluding hydrogens is 194 g/mol. The van der Waals surface area contributed by atoms with E-state index < -0.39 is 0 Å². The molecule has 1 N–H and O–H groups in total. The second kappa shape index (κ2) is 5.79. The molecule has 0 bridgehead atoms. The number of rotatable bonds is 4. The van der Waals surface area contributed by atoms with E-state index in [2.05, 4.69) is 24.1 Å². The first-order valence-electron chi connectivity index (χ1n) is 5.31. The molecule has 0 aromatic carbocycles. The lowest BCUT2D eigenvalue weighted by Crippen LogP contribution is -2.38. The summed E-state index contributed by atoms with van der Waals surface area (Å²) < 4.78 is 0. The van der Waals surface area contributed by atoms with E-state index in [9.17, 15) is 5.11 Å². The molecule has 0 aromatic heterocycles. The van der Waals surface area contributed by atoms with Crippen molar-refractivity contribution in [1.29, 1.82) is 0 Å². The smallest absolute Gasteiger partial charge is 0.0541 e. The van der Waals surface area contributed by atoms with E-state index in [1.807, 2.05) is 6.92 Å². The maximum atomic E-state index is 9.44. The summed E-state index contributed by atoms with van der Waals surface area (Å²) in [5.74, 6) is 1.27. The highest BCUT2D eigenvalue weighted by molar-refractivity contribution is 7.80. The van der Waals surface area contributed by atoms with Gasteiger partial charge < -0.3 is 5.11 Å². The molecule has 1 heterocycles. The minimum Gasteiger partial charge on any atom is -0.393 e. The molecule has 14 heavy (non-hydrogen) atoms. The Morgan fingerprint density at radius 2 is 2.14 bits per heavy atom. The standard InChI is InChI=1S/C11H21NOS/c1-9(8-14)7-12-5-3-11(4-6-12)10(2)13/h10-11,13-14H,1,3-8H2,2H3. The minimum atomic E-state index is -0.148. The average Bonchev–Trinajstić information content (AvgIpc) is 2.18. The number of likely N-dealkylation sites (tertiary alicyclic amines) is 1. The van der Waals surface area contributed by atoms with Crippen LogP contribution < -0.4 is 0 Å². The van der Waals surface area contributed by atoms with Gasteiger partial charge in [0.1, 0.15) is 0 Å². The molecule has 1 rings (SSSR count). The van der Waals surface area contributed by atoms with Gasteiger partial charge in [-0.2, -0.15) is 12.6 Å². The van der Waals surface area contributed by atoms with Crippen LogP contribution in [-0.4, -0.2) is 41.5 Å². The summed E-state index contributed by atoms with van der Waals surface area (Å²) in [6.07, 6.45) is 2.07. The molecule has 1 atom stereocenters. The first-order chi connectivity index (χ1) is 6.63. The van der Waals surface area contributed by atoms with Crippen LogP contribution in [0.15, 0.2) is 12.2 Å². The second-order valence-corrected chi connectivity index (χ2v) is 4.58. The van der Waals surface area contributed by atoms with Gasteiger partial charge in [0.2, 0.25) is 0 Å². The summed E-state index contributed by atoms with van der Waals surface area (Å²) in [7, 11) is 0. The molecule has 0 saturated carbocycles. The van der Waals surface area contributed by atoms with Gasteiger partial charge in [-0.1, -0.05) is 12.2 Å². The Kier molecular flexibility index (Phi) is 4.99. The summed E-state index contributed by atoms with van der Waals surface area (Å²) in [6, 6.07) is 0. The second-order valence-electron chi connectivity index (χ2n) is 4.26. The summed E-state index contributed by atoms with van der Waals surface area (Å²) in [5, 5.41) is 9.44. The Hall–Kier alpha value is 0.01000. The Labute approximate surface area is 92.4 Å². The maximum Gasteiger partial charge on any atom is 0.0541 e. The van der Waals surface area contributed by atoms with E-state index in [0.717, 1.165) is 38.2 Å². The molecule has 1 unspecified atom stereocenters. The predicted molar refractivity (Wildman–Crippen MR) is 63.8 cm³/mol. The Bertz CT molecular complexity index is 186. The van der Waals surface area contributed by atoms with Gasteiger partial charge in [0, 0.05) is 12.3 Å². The lowest BCUT2D eigenvalue weighted by Gasteiger charge is -2.33. The van der Waals surface area contributed by atoms with Crippen LogP contribution in [0, 0.1) is 5.92 Å². The van der Waals surface area contributed by atoms with Crippen LogP contribution >= 0.6 is 12.6 Å². The average molecular weight is 215 g/mol. The Morgan fingerprint density at radius 1 is 1.57 bits per heavy atom. The van der Waals surface area contributed by atoms with Gasteiger partial charge in [0.15, 0.2) is 0 Å². The van der Waals surface area contributed by atoms with Gasteiger partial charge in [0.25, 0.3) is 0 Å². The van der Waals surface area contributed by atoms with Crippen molar-refractivity contribution in [2.45, 2.75) is 25.9 Å². The van der Waals surface area contributed by atoms with Crippen molar-refractivity contribution in [3.8, 4) is 0 Å². The molecule has 0 aliphatic carbocycles. The Morgan fingerprint density at radius 3 is 2.57 bits per heavy atom. The van der Waals surface area contributed by atoms with E-state index in [4.69, 9.17) is 0 Å². The van der Waals surface area contributed by atoms with Crippen LogP contribution in [0.3, 0.4) is 0 Å². The third kappa shape index (κ3) is 3.64. The maximum absolute atomic E-state index is 9.44. The number of hydrogen-bond acceptors (Lipinski definition) is 3. The highest BCUT2D eigenvalue weighted by Crippen LogP contribution is 2.20. The zero-order chi connectivity index (χ0) is 10.6. The molecule has 82 valence electrons. The van der Waals surface area contributed by atoms with E-state index in [-0.39, 0.29) is 6.10 Å². The molecule has 0 radical (unpaired) electrons. The molecule has 0 aromatic rings. The van der Waals surface area contributed by atoms with Gasteiger partial charge in [-0.3, -0.25) is 4.90 Å². The zero-order valence-electron chi connectivity index (χ0n) is 8.95. The fraction of sp³-hybridized carbons (Fsp3) is 0.818. The molecular formula is C11H21NOS. The van der Waals surface area contributed by atoms with Crippen molar-refractivity contribution < 1.29 is 5.11 Å². The number of aliphatic hydroxyl groups is 1. The monoisotopic (exact) mass is 215 g/mol. The van der Waals surface area contributed by atoms with Crippen LogP contribution in [0.4, 0.5) is 0 Å². The number of aliphatic hydroxyl groups excluding tert-OH is 1. The summed E-state index contributed by atoms with van der Waals surface area (Å²) in [5.41, 5.74) is 1.18. The van der Waals surface area contributed by atoms with Gasteiger partial charge in [0.05, 0.1) is 6.10 Å². The Balaban J connectivity index is 2.25. The predicted octanol–water partition coefficient (Wildman–Crippen LogP) is 1.57.